The molecule has 0 bridgehead atoms. The van der Waals surface area contributed by atoms with Crippen LogP contribution < -0.4 is 4.72 Å². The van der Waals surface area contributed by atoms with Crippen molar-refractivity contribution in [2.45, 2.75) is 49.3 Å². The van der Waals surface area contributed by atoms with Crippen LogP contribution in [-0.2, 0) is 29.2 Å². The summed E-state index contributed by atoms with van der Waals surface area (Å²) in [5, 5.41) is 0. The normalized spacial score (nSPS) is 16.5. The molecule has 3 rings (SSSR count). The third-order valence-corrected chi connectivity index (χ3v) is 7.21. The lowest BCUT2D eigenvalue weighted by atomic mass is 10.0. The number of benzene rings is 2. The molecular formula is C22H26ClF3N2O2S. The standard InChI is InChI=1S/C22H26ClF3N2O2S/c23-12-2-4-17-6-8-21(9-7-17)31(29,30)27-20-10-13-28(14-11-20)16-18-3-1-5-19(15-18)22(24,25)26/h1,3,5-9,15,20,27H,2,4,10-14,16H2. The molecule has 2 aromatic rings. The summed E-state index contributed by atoms with van der Waals surface area (Å²) in [6, 6.07) is 12.0. The molecule has 170 valence electrons. The number of nitrogens with one attached hydrogen (secondary N) is 1. The zero-order chi connectivity index (χ0) is 22.5. The van der Waals surface area contributed by atoms with Crippen LogP contribution in [0.3, 0.4) is 0 Å². The van der Waals surface area contributed by atoms with Crippen LogP contribution in [0.4, 0.5) is 13.2 Å². The van der Waals surface area contributed by atoms with Gasteiger partial charge < -0.3 is 0 Å². The minimum absolute atomic E-state index is 0.196. The number of likely N-dealkylation sites (tertiary alicyclic amines) is 1. The van der Waals surface area contributed by atoms with Gasteiger partial charge in [-0.05, 0) is 55.0 Å². The predicted molar refractivity (Wildman–Crippen MR) is 116 cm³/mol. The topological polar surface area (TPSA) is 49.4 Å². The van der Waals surface area contributed by atoms with E-state index in [9.17, 15) is 21.6 Å². The molecule has 1 N–H and O–H groups in total. The summed E-state index contributed by atoms with van der Waals surface area (Å²) < 4.78 is 66.8. The van der Waals surface area contributed by atoms with E-state index in [4.69, 9.17) is 11.6 Å². The van der Waals surface area contributed by atoms with Crippen molar-refractivity contribution >= 4 is 21.6 Å². The van der Waals surface area contributed by atoms with Gasteiger partial charge in [0.25, 0.3) is 0 Å². The molecule has 9 heteroatoms. The van der Waals surface area contributed by atoms with Gasteiger partial charge in [0.1, 0.15) is 0 Å². The largest absolute Gasteiger partial charge is 0.416 e. The van der Waals surface area contributed by atoms with Gasteiger partial charge in [-0.2, -0.15) is 13.2 Å². The first-order chi connectivity index (χ1) is 14.7. The zero-order valence-electron chi connectivity index (χ0n) is 17.0. The summed E-state index contributed by atoms with van der Waals surface area (Å²) in [6.45, 7) is 1.63. The lowest BCUT2D eigenvalue weighted by molar-refractivity contribution is -0.137. The summed E-state index contributed by atoms with van der Waals surface area (Å²) in [5.74, 6) is 0.564. The number of nitrogens with zero attached hydrogens (tertiary/aromatic N) is 1. The van der Waals surface area contributed by atoms with Crippen LogP contribution in [0, 0.1) is 0 Å². The van der Waals surface area contributed by atoms with Crippen LogP contribution in [0.5, 0.6) is 0 Å². The second-order valence-corrected chi connectivity index (χ2v) is 9.90. The van der Waals surface area contributed by atoms with Gasteiger partial charge in [0, 0.05) is 31.6 Å². The molecule has 1 fully saturated rings. The number of sulfonamides is 1. The number of alkyl halides is 4. The molecule has 0 radical (unpaired) electrons. The van der Waals surface area contributed by atoms with E-state index >= 15 is 0 Å². The number of hydrogen-bond acceptors (Lipinski definition) is 3. The van der Waals surface area contributed by atoms with Gasteiger partial charge in [-0.25, -0.2) is 13.1 Å². The molecular weight excluding hydrogens is 449 g/mol. The lowest BCUT2D eigenvalue weighted by Crippen LogP contribution is -2.44. The van der Waals surface area contributed by atoms with E-state index in [0.29, 0.717) is 43.9 Å². The number of halogens is 4. The highest BCUT2D eigenvalue weighted by molar-refractivity contribution is 7.89. The predicted octanol–water partition coefficient (Wildman–Crippen LogP) is 4.82. The van der Waals surface area contributed by atoms with E-state index in [0.717, 1.165) is 24.5 Å². The van der Waals surface area contributed by atoms with E-state index in [1.54, 1.807) is 30.3 Å². The van der Waals surface area contributed by atoms with Crippen molar-refractivity contribution in [1.29, 1.82) is 0 Å². The zero-order valence-corrected chi connectivity index (χ0v) is 18.6. The Morgan fingerprint density at radius 2 is 1.71 bits per heavy atom. The van der Waals surface area contributed by atoms with Crippen molar-refractivity contribution < 1.29 is 21.6 Å². The fraction of sp³-hybridized carbons (Fsp3) is 0.455. The molecule has 0 amide bonds. The Balaban J connectivity index is 1.52. The van der Waals surface area contributed by atoms with Crippen molar-refractivity contribution in [2.75, 3.05) is 19.0 Å². The van der Waals surface area contributed by atoms with Crippen molar-refractivity contribution in [1.82, 2.24) is 9.62 Å². The Kier molecular flexibility index (Phi) is 8.02. The molecule has 31 heavy (non-hydrogen) atoms. The molecule has 2 aromatic carbocycles. The van der Waals surface area contributed by atoms with Gasteiger partial charge in [0.2, 0.25) is 10.0 Å². The first-order valence-electron chi connectivity index (χ1n) is 10.2. The van der Waals surface area contributed by atoms with Crippen LogP contribution in [-0.4, -0.2) is 38.3 Å². The van der Waals surface area contributed by atoms with Gasteiger partial charge in [-0.1, -0.05) is 30.3 Å². The van der Waals surface area contributed by atoms with Crippen LogP contribution in [0.25, 0.3) is 0 Å². The SMILES string of the molecule is O=S(=O)(NC1CCN(Cc2cccc(C(F)(F)F)c2)CC1)c1ccc(CCCCl)cc1. The van der Waals surface area contributed by atoms with E-state index in [1.807, 2.05) is 4.90 Å². The summed E-state index contributed by atoms with van der Waals surface area (Å²) in [7, 11) is -3.62. The highest BCUT2D eigenvalue weighted by atomic mass is 35.5. The Labute approximate surface area is 186 Å². The number of piperidine rings is 1. The van der Waals surface area contributed by atoms with Gasteiger partial charge in [-0.3, -0.25) is 4.90 Å². The Morgan fingerprint density at radius 1 is 1.03 bits per heavy atom. The van der Waals surface area contributed by atoms with Crippen LogP contribution in [0.2, 0.25) is 0 Å². The van der Waals surface area contributed by atoms with Gasteiger partial charge >= 0.3 is 6.18 Å². The summed E-state index contributed by atoms with van der Waals surface area (Å²) >= 11 is 5.69. The molecule has 0 aromatic heterocycles. The van der Waals surface area contributed by atoms with E-state index in [1.165, 1.54) is 12.1 Å². The first kappa shape index (κ1) is 24.0. The van der Waals surface area contributed by atoms with Gasteiger partial charge in [-0.15, -0.1) is 11.6 Å². The van der Waals surface area contributed by atoms with Crippen molar-refractivity contribution in [3.63, 3.8) is 0 Å². The first-order valence-corrected chi connectivity index (χ1v) is 12.2. The third kappa shape index (κ3) is 6.94. The van der Waals surface area contributed by atoms with Crippen LogP contribution in [0.1, 0.15) is 36.0 Å². The Morgan fingerprint density at radius 3 is 2.32 bits per heavy atom. The number of aryl methyl sites for hydroxylation is 1. The lowest BCUT2D eigenvalue weighted by Gasteiger charge is -2.32. The monoisotopic (exact) mass is 474 g/mol. The van der Waals surface area contributed by atoms with Crippen molar-refractivity contribution in [2.24, 2.45) is 0 Å². The molecule has 1 heterocycles. The van der Waals surface area contributed by atoms with Gasteiger partial charge in [0.05, 0.1) is 10.5 Å². The summed E-state index contributed by atoms with van der Waals surface area (Å²) in [6.07, 6.45) is -1.51. The third-order valence-electron chi connectivity index (χ3n) is 5.40. The smallest absolute Gasteiger partial charge is 0.299 e. The number of hydrogen-bond donors (Lipinski definition) is 1. The fourth-order valence-electron chi connectivity index (χ4n) is 3.71. The molecule has 1 saturated heterocycles. The summed E-state index contributed by atoms with van der Waals surface area (Å²) in [5.41, 5.74) is 0.993. The Hall–Kier alpha value is -1.61. The quantitative estimate of drug-likeness (QED) is 0.558. The average molecular weight is 475 g/mol. The highest BCUT2D eigenvalue weighted by Crippen LogP contribution is 2.30. The molecule has 0 aliphatic carbocycles. The Bertz CT molecular complexity index is 957. The van der Waals surface area contributed by atoms with E-state index in [-0.39, 0.29) is 10.9 Å². The second-order valence-electron chi connectivity index (χ2n) is 7.81. The van der Waals surface area contributed by atoms with E-state index in [2.05, 4.69) is 4.72 Å². The van der Waals surface area contributed by atoms with Gasteiger partial charge in [0.15, 0.2) is 0 Å². The maximum absolute atomic E-state index is 12.9. The van der Waals surface area contributed by atoms with Crippen molar-refractivity contribution in [3.8, 4) is 0 Å². The maximum Gasteiger partial charge on any atom is 0.416 e. The fourth-order valence-corrected chi connectivity index (χ4v) is 5.15. The minimum atomic E-state index is -4.36. The average Bonchev–Trinajstić information content (AvgIpc) is 2.73. The van der Waals surface area contributed by atoms with E-state index < -0.39 is 21.8 Å². The molecule has 1 aliphatic heterocycles. The highest BCUT2D eigenvalue weighted by Gasteiger charge is 2.30. The minimum Gasteiger partial charge on any atom is -0.299 e. The molecule has 1 aliphatic rings. The molecule has 4 nitrogen and oxygen atoms in total. The van der Waals surface area contributed by atoms with Crippen LogP contribution >= 0.6 is 11.6 Å². The number of rotatable bonds is 8. The summed E-state index contributed by atoms with van der Waals surface area (Å²) in [4.78, 5) is 2.28. The maximum atomic E-state index is 12.9. The molecule has 0 spiro atoms. The second kappa shape index (κ2) is 10.3. The molecule has 0 unspecified atom stereocenters. The molecule has 0 saturated carbocycles. The van der Waals surface area contributed by atoms with Crippen molar-refractivity contribution in [3.05, 3.63) is 65.2 Å². The molecule has 0 atom stereocenters. The van der Waals surface area contributed by atoms with Crippen LogP contribution in [0.15, 0.2) is 53.4 Å².